The van der Waals surface area contributed by atoms with Crippen LogP contribution in [0.1, 0.15) is 144 Å². The number of ether oxygens (including phenoxy) is 1. The quantitative estimate of drug-likeness (QED) is 0.0882. The van der Waals surface area contributed by atoms with Crippen LogP contribution in [0.3, 0.4) is 0 Å². The molecule has 15 heteroatoms. The number of hydrogen-bond donors (Lipinski definition) is 0. The largest absolute Gasteiger partial charge is 0.462 e. The molecule has 0 aromatic heterocycles. The van der Waals surface area contributed by atoms with E-state index in [1.54, 1.807) is 0 Å². The van der Waals surface area contributed by atoms with Gasteiger partial charge in [0.15, 0.2) is 0 Å². The summed E-state index contributed by atoms with van der Waals surface area (Å²) in [4.78, 5) is 12.6. The van der Waals surface area contributed by atoms with Crippen LogP contribution in [0.4, 0.5) is 57.1 Å². The molecule has 316 valence electrons. The van der Waals surface area contributed by atoms with E-state index in [9.17, 15) is 61.9 Å². The van der Waals surface area contributed by atoms with Crippen LogP contribution in [0.5, 0.6) is 0 Å². The average molecular weight is 805 g/mol. The fourth-order valence-corrected chi connectivity index (χ4v) is 11.3. The molecule has 0 aromatic rings. The van der Waals surface area contributed by atoms with E-state index in [-0.39, 0.29) is 24.4 Å². The number of alkyl halides is 13. The minimum atomic E-state index is -7.90. The predicted octanol–water partition coefficient (Wildman–Crippen LogP) is 13.7. The Kier molecular flexibility index (Phi) is 13.2. The van der Waals surface area contributed by atoms with E-state index in [1.807, 2.05) is 0 Å². The van der Waals surface area contributed by atoms with E-state index in [0.29, 0.717) is 53.8 Å². The van der Waals surface area contributed by atoms with Crippen LogP contribution >= 0.6 is 0 Å². The molecule has 0 radical (unpaired) electrons. The number of hydrogen-bond acceptors (Lipinski definition) is 2. The maximum atomic E-state index is 14.1. The van der Waals surface area contributed by atoms with Gasteiger partial charge in [-0.25, -0.2) is 0 Å². The first-order valence-corrected chi connectivity index (χ1v) is 19.7. The molecule has 0 amide bonds. The van der Waals surface area contributed by atoms with E-state index < -0.39 is 61.0 Å². The monoisotopic (exact) mass is 804 g/mol. The standard InChI is InChI=1S/C39H57F13O2/c1-23(2)10-9-11-24(3)28-15-16-29-27-14-13-25-22-26(17-20-32(25,4)30(27)18-21-33(28,29)5)54-31(53)12-7-6-8-19-34(40,41)35(42,43)36(44,45)37(46,47)38(48,49)39(50,51)52/h23-30H,6-22H2,1-5H3. The Labute approximate surface area is 310 Å². The summed E-state index contributed by atoms with van der Waals surface area (Å²) in [5.41, 5.74) is 0.476. The lowest BCUT2D eigenvalue weighted by Gasteiger charge is -2.61. The van der Waals surface area contributed by atoms with Crippen molar-refractivity contribution in [2.45, 2.75) is 186 Å². The molecular weight excluding hydrogens is 747 g/mol. The lowest BCUT2D eigenvalue weighted by atomic mass is 9.44. The highest BCUT2D eigenvalue weighted by molar-refractivity contribution is 5.69. The third-order valence-corrected chi connectivity index (χ3v) is 14.5. The zero-order chi connectivity index (χ0) is 40.9. The van der Waals surface area contributed by atoms with Crippen molar-refractivity contribution in [2.75, 3.05) is 0 Å². The van der Waals surface area contributed by atoms with E-state index in [0.717, 1.165) is 25.2 Å². The summed E-state index contributed by atoms with van der Waals surface area (Å²) in [6.07, 6.45) is 1.07. The molecule has 0 heterocycles. The molecule has 9 unspecified atom stereocenters. The third kappa shape index (κ3) is 8.00. The molecule has 0 aromatic carbocycles. The molecule has 4 aliphatic carbocycles. The molecule has 54 heavy (non-hydrogen) atoms. The summed E-state index contributed by atoms with van der Waals surface area (Å²) in [5.74, 6) is -32.9. The van der Waals surface area contributed by atoms with Gasteiger partial charge in [-0.3, -0.25) is 4.79 Å². The summed E-state index contributed by atoms with van der Waals surface area (Å²) in [6, 6.07) is 0. The van der Waals surface area contributed by atoms with Crippen molar-refractivity contribution in [1.29, 1.82) is 0 Å². The second kappa shape index (κ2) is 15.7. The average Bonchev–Trinajstić information content (AvgIpc) is 3.41. The Balaban J connectivity index is 1.24. The van der Waals surface area contributed by atoms with Gasteiger partial charge in [-0.05, 0) is 123 Å². The van der Waals surface area contributed by atoms with Crippen LogP contribution in [0, 0.1) is 52.3 Å². The first-order valence-electron chi connectivity index (χ1n) is 19.7. The number of halogens is 13. The molecule has 0 bridgehead atoms. The molecule has 4 rings (SSSR count). The number of fused-ring (bicyclic) bond motifs is 5. The van der Waals surface area contributed by atoms with Crippen molar-refractivity contribution in [1.82, 2.24) is 0 Å². The van der Waals surface area contributed by atoms with Gasteiger partial charge < -0.3 is 4.74 Å². The fourth-order valence-electron chi connectivity index (χ4n) is 11.3. The zero-order valence-corrected chi connectivity index (χ0v) is 31.9. The minimum Gasteiger partial charge on any atom is -0.462 e. The van der Waals surface area contributed by atoms with Crippen molar-refractivity contribution in [2.24, 2.45) is 52.3 Å². The van der Waals surface area contributed by atoms with Crippen molar-refractivity contribution in [3.8, 4) is 0 Å². The van der Waals surface area contributed by atoms with Gasteiger partial charge in [0.2, 0.25) is 0 Å². The number of rotatable bonds is 16. The lowest BCUT2D eigenvalue weighted by molar-refractivity contribution is -0.440. The highest BCUT2D eigenvalue weighted by Gasteiger charge is 2.90. The Hall–Kier alpha value is -1.44. The number of carbonyl (C=O) groups is 1. The second-order valence-corrected chi connectivity index (χ2v) is 18.1. The molecule has 0 saturated heterocycles. The summed E-state index contributed by atoms with van der Waals surface area (Å²) < 4.78 is 179. The third-order valence-electron chi connectivity index (χ3n) is 14.5. The zero-order valence-electron chi connectivity index (χ0n) is 31.9. The van der Waals surface area contributed by atoms with E-state index >= 15 is 0 Å². The molecule has 4 fully saturated rings. The Bertz CT molecular complexity index is 1280. The van der Waals surface area contributed by atoms with Gasteiger partial charge in [0.1, 0.15) is 6.10 Å². The molecule has 0 spiro atoms. The van der Waals surface area contributed by atoms with Crippen molar-refractivity contribution in [3.63, 3.8) is 0 Å². The molecule has 0 aliphatic heterocycles. The van der Waals surface area contributed by atoms with Crippen molar-refractivity contribution >= 4 is 5.97 Å². The summed E-state index contributed by atoms with van der Waals surface area (Å²) in [6.45, 7) is 11.9. The van der Waals surface area contributed by atoms with Gasteiger partial charge in [0, 0.05) is 12.8 Å². The van der Waals surface area contributed by atoms with Gasteiger partial charge in [-0.15, -0.1) is 0 Å². The first kappa shape index (κ1) is 45.3. The van der Waals surface area contributed by atoms with Crippen LogP contribution in [-0.2, 0) is 9.53 Å². The highest BCUT2D eigenvalue weighted by Crippen LogP contribution is 2.69. The normalized spacial score (nSPS) is 33.2. The van der Waals surface area contributed by atoms with Crippen LogP contribution in [0.25, 0.3) is 0 Å². The summed E-state index contributed by atoms with van der Waals surface area (Å²) in [5, 5.41) is 0. The second-order valence-electron chi connectivity index (χ2n) is 18.1. The van der Waals surface area contributed by atoms with Gasteiger partial charge in [0.05, 0.1) is 0 Å². The van der Waals surface area contributed by atoms with E-state index in [4.69, 9.17) is 4.74 Å². The van der Waals surface area contributed by atoms with E-state index in [1.165, 1.54) is 44.9 Å². The Morgan fingerprint density at radius 1 is 0.648 bits per heavy atom. The highest BCUT2D eigenvalue weighted by atomic mass is 19.4. The van der Waals surface area contributed by atoms with Crippen LogP contribution in [-0.4, -0.2) is 47.9 Å². The molecule has 4 aliphatic rings. The SMILES string of the molecule is CC(C)CCCC(C)C1CCC2C3CCC4CC(OC(=O)CCCCCC(F)(F)C(F)(F)C(F)(F)C(F)(F)C(F)(F)C(F)(F)F)CCC4(C)C3CCC12C. The van der Waals surface area contributed by atoms with Gasteiger partial charge in [-0.2, -0.15) is 57.1 Å². The predicted molar refractivity (Wildman–Crippen MR) is 177 cm³/mol. The minimum absolute atomic E-state index is 0.116. The van der Waals surface area contributed by atoms with Crippen LogP contribution in [0.2, 0.25) is 0 Å². The molecule has 0 N–H and O–H groups in total. The first-order chi connectivity index (χ1) is 24.6. The van der Waals surface area contributed by atoms with Gasteiger partial charge in [0.25, 0.3) is 0 Å². The van der Waals surface area contributed by atoms with Gasteiger partial charge in [-0.1, -0.05) is 60.3 Å². The molecular formula is C39H57F13O2. The summed E-state index contributed by atoms with van der Waals surface area (Å²) >= 11 is 0. The van der Waals surface area contributed by atoms with Crippen LogP contribution in [0.15, 0.2) is 0 Å². The lowest BCUT2D eigenvalue weighted by Crippen LogP contribution is -2.70. The van der Waals surface area contributed by atoms with Crippen molar-refractivity contribution < 1.29 is 66.6 Å². The summed E-state index contributed by atoms with van der Waals surface area (Å²) in [7, 11) is 0. The van der Waals surface area contributed by atoms with Crippen LogP contribution < -0.4 is 0 Å². The maximum Gasteiger partial charge on any atom is 0.460 e. The smallest absolute Gasteiger partial charge is 0.460 e. The molecule has 2 nitrogen and oxygen atoms in total. The molecule has 4 saturated carbocycles. The number of esters is 1. The maximum absolute atomic E-state index is 14.1. The number of carbonyl (C=O) groups excluding carboxylic acids is 1. The van der Waals surface area contributed by atoms with Crippen molar-refractivity contribution in [3.05, 3.63) is 0 Å². The van der Waals surface area contributed by atoms with Gasteiger partial charge >= 0.3 is 41.8 Å². The topological polar surface area (TPSA) is 26.3 Å². The Morgan fingerprint density at radius 2 is 1.24 bits per heavy atom. The van der Waals surface area contributed by atoms with E-state index in [2.05, 4.69) is 34.6 Å². The molecule has 9 atom stereocenters. The Morgan fingerprint density at radius 3 is 1.85 bits per heavy atom. The fraction of sp³-hybridized carbons (Fsp3) is 0.974. The number of unbranched alkanes of at least 4 members (excludes halogenated alkanes) is 2.